The van der Waals surface area contributed by atoms with Crippen LogP contribution in [0.1, 0.15) is 0 Å². The Morgan fingerprint density at radius 3 is 1.61 bits per heavy atom. The molecule has 4 aromatic heterocycles. The monoisotopic (exact) mass is 655 g/mol. The summed E-state index contributed by atoms with van der Waals surface area (Å²) in [6.07, 6.45) is 0. The summed E-state index contributed by atoms with van der Waals surface area (Å²) < 4.78 is 18.8. The number of aromatic nitrogens is 3. The van der Waals surface area contributed by atoms with Gasteiger partial charge in [0.25, 0.3) is 0 Å². The van der Waals surface area contributed by atoms with Crippen LogP contribution in [-0.2, 0) is 0 Å². The Bertz CT molecular complexity index is 3150. The SMILES string of the molecule is c1ccc(-c2nc(-c3cccc(-c4cccc5oc6cc7oc8ccccc8c7cc6c45)c3)nc(-c3ccc4c(c3)oc3ccccc34)n2)cc1. The van der Waals surface area contributed by atoms with Crippen LogP contribution in [0.2, 0.25) is 0 Å². The van der Waals surface area contributed by atoms with Gasteiger partial charge in [-0.3, -0.25) is 0 Å². The standard InChI is InChI=1S/C45H25N3O3/c1-2-10-26(11-3-1)43-46-44(48-45(47-43)29-20-21-33-31-14-4-6-17-36(31)49-39(33)23-29)28-13-8-12-27(22-28)30-16-9-19-38-42(30)35-24-34-32-15-5-7-18-37(32)50-40(34)25-41(35)51-38/h1-25H. The molecule has 0 unspecified atom stereocenters. The van der Waals surface area contributed by atoms with E-state index in [-0.39, 0.29) is 0 Å². The molecule has 0 amide bonds. The zero-order chi connectivity index (χ0) is 33.5. The molecule has 0 bridgehead atoms. The highest BCUT2D eigenvalue weighted by Crippen LogP contribution is 2.41. The first-order chi connectivity index (χ1) is 25.2. The first-order valence-corrected chi connectivity index (χ1v) is 16.8. The van der Waals surface area contributed by atoms with Crippen molar-refractivity contribution in [2.75, 3.05) is 0 Å². The van der Waals surface area contributed by atoms with E-state index >= 15 is 0 Å². The number of benzene rings is 7. The normalized spacial score (nSPS) is 11.9. The Labute approximate surface area is 290 Å². The molecule has 0 atom stereocenters. The molecule has 0 aliphatic carbocycles. The zero-order valence-electron chi connectivity index (χ0n) is 27.0. The largest absolute Gasteiger partial charge is 0.456 e. The average molecular weight is 656 g/mol. The van der Waals surface area contributed by atoms with Crippen molar-refractivity contribution in [1.82, 2.24) is 15.0 Å². The summed E-state index contributed by atoms with van der Waals surface area (Å²) in [4.78, 5) is 15.0. The molecule has 0 aliphatic rings. The van der Waals surface area contributed by atoms with Gasteiger partial charge in [0.1, 0.15) is 33.5 Å². The molecule has 0 saturated heterocycles. The molecule has 0 fully saturated rings. The van der Waals surface area contributed by atoms with Crippen molar-refractivity contribution >= 4 is 65.8 Å². The van der Waals surface area contributed by atoms with Gasteiger partial charge < -0.3 is 13.3 Å². The van der Waals surface area contributed by atoms with E-state index in [1.165, 1.54) is 0 Å². The molecule has 0 radical (unpaired) electrons. The van der Waals surface area contributed by atoms with Crippen LogP contribution in [-0.4, -0.2) is 15.0 Å². The second-order valence-corrected chi connectivity index (χ2v) is 12.8. The number of rotatable bonds is 4. The van der Waals surface area contributed by atoms with Gasteiger partial charge in [0.2, 0.25) is 0 Å². The molecule has 11 aromatic rings. The summed E-state index contributed by atoms with van der Waals surface area (Å²) in [5, 5.41) is 6.39. The van der Waals surface area contributed by atoms with Crippen LogP contribution in [0, 0.1) is 0 Å². The van der Waals surface area contributed by atoms with Crippen LogP contribution in [0.3, 0.4) is 0 Å². The van der Waals surface area contributed by atoms with Crippen LogP contribution in [0.15, 0.2) is 165 Å². The lowest BCUT2D eigenvalue weighted by molar-refractivity contribution is 0.656. The lowest BCUT2D eigenvalue weighted by atomic mass is 9.97. The highest BCUT2D eigenvalue weighted by atomic mass is 16.3. The van der Waals surface area contributed by atoms with Crippen molar-refractivity contribution in [3.05, 3.63) is 152 Å². The van der Waals surface area contributed by atoms with E-state index in [2.05, 4.69) is 60.7 Å². The highest BCUT2D eigenvalue weighted by Gasteiger charge is 2.18. The van der Waals surface area contributed by atoms with Crippen molar-refractivity contribution in [2.24, 2.45) is 0 Å². The minimum absolute atomic E-state index is 0.575. The quantitative estimate of drug-likeness (QED) is 0.188. The molecule has 0 aliphatic heterocycles. The Morgan fingerprint density at radius 1 is 0.294 bits per heavy atom. The van der Waals surface area contributed by atoms with Crippen LogP contribution >= 0.6 is 0 Å². The zero-order valence-corrected chi connectivity index (χ0v) is 27.0. The van der Waals surface area contributed by atoms with E-state index in [9.17, 15) is 0 Å². The Kier molecular flexibility index (Phi) is 5.86. The fraction of sp³-hybridized carbons (Fsp3) is 0. The summed E-state index contributed by atoms with van der Waals surface area (Å²) >= 11 is 0. The van der Waals surface area contributed by atoms with Crippen molar-refractivity contribution < 1.29 is 13.3 Å². The van der Waals surface area contributed by atoms with Gasteiger partial charge in [0.05, 0.1) is 0 Å². The van der Waals surface area contributed by atoms with Crippen molar-refractivity contribution in [3.63, 3.8) is 0 Å². The Morgan fingerprint density at radius 2 is 0.824 bits per heavy atom. The van der Waals surface area contributed by atoms with Gasteiger partial charge in [-0.05, 0) is 53.6 Å². The Balaban J connectivity index is 1.08. The summed E-state index contributed by atoms with van der Waals surface area (Å²) in [6, 6.07) is 51.2. The van der Waals surface area contributed by atoms with Crippen LogP contribution in [0.4, 0.5) is 0 Å². The highest BCUT2D eigenvalue weighted by molar-refractivity contribution is 6.18. The topological polar surface area (TPSA) is 78.1 Å². The molecular weight excluding hydrogens is 631 g/mol. The van der Waals surface area contributed by atoms with E-state index in [0.29, 0.717) is 17.5 Å². The minimum atomic E-state index is 0.575. The molecule has 4 heterocycles. The van der Waals surface area contributed by atoms with E-state index in [0.717, 1.165) is 93.6 Å². The number of hydrogen-bond donors (Lipinski definition) is 0. The third kappa shape index (κ3) is 4.40. The maximum Gasteiger partial charge on any atom is 0.164 e. The van der Waals surface area contributed by atoms with Gasteiger partial charge in [0.15, 0.2) is 17.5 Å². The van der Waals surface area contributed by atoms with Crippen molar-refractivity contribution in [1.29, 1.82) is 0 Å². The smallest absolute Gasteiger partial charge is 0.164 e. The lowest BCUT2D eigenvalue weighted by Gasteiger charge is -2.10. The molecule has 7 aromatic carbocycles. The summed E-state index contributed by atoms with van der Waals surface area (Å²) in [6.45, 7) is 0. The second-order valence-electron chi connectivity index (χ2n) is 12.8. The summed E-state index contributed by atoms with van der Waals surface area (Å²) in [7, 11) is 0. The van der Waals surface area contributed by atoms with Crippen molar-refractivity contribution in [3.8, 4) is 45.3 Å². The van der Waals surface area contributed by atoms with E-state index < -0.39 is 0 Å². The third-order valence-corrected chi connectivity index (χ3v) is 9.73. The predicted octanol–water partition coefficient (Wildman–Crippen LogP) is 12.2. The number of hydrogen-bond acceptors (Lipinski definition) is 6. The van der Waals surface area contributed by atoms with Gasteiger partial charge in [-0.1, -0.05) is 103 Å². The maximum atomic E-state index is 6.41. The molecule has 6 heteroatoms. The number of para-hydroxylation sites is 2. The third-order valence-electron chi connectivity index (χ3n) is 9.73. The van der Waals surface area contributed by atoms with E-state index in [1.54, 1.807) is 0 Å². The van der Waals surface area contributed by atoms with Crippen LogP contribution < -0.4 is 0 Å². The van der Waals surface area contributed by atoms with Gasteiger partial charge in [0, 0.05) is 55.1 Å². The van der Waals surface area contributed by atoms with Crippen LogP contribution in [0.25, 0.3) is 111 Å². The fourth-order valence-electron chi connectivity index (χ4n) is 7.33. The van der Waals surface area contributed by atoms with E-state index in [1.807, 2.05) is 91.0 Å². The molecule has 238 valence electrons. The first-order valence-electron chi connectivity index (χ1n) is 16.8. The molecule has 6 nitrogen and oxygen atoms in total. The molecule has 0 N–H and O–H groups in total. The van der Waals surface area contributed by atoms with Gasteiger partial charge in [-0.15, -0.1) is 0 Å². The average Bonchev–Trinajstić information content (AvgIpc) is 3.87. The minimum Gasteiger partial charge on any atom is -0.456 e. The molecular formula is C45H25N3O3. The van der Waals surface area contributed by atoms with Crippen LogP contribution in [0.5, 0.6) is 0 Å². The van der Waals surface area contributed by atoms with E-state index in [4.69, 9.17) is 28.2 Å². The summed E-state index contributed by atoms with van der Waals surface area (Å²) in [5.41, 5.74) is 9.67. The predicted molar refractivity (Wildman–Crippen MR) is 203 cm³/mol. The second kappa shape index (κ2) is 10.7. The van der Waals surface area contributed by atoms with Gasteiger partial charge in [-0.25, -0.2) is 15.0 Å². The molecule has 0 spiro atoms. The Hall–Kier alpha value is -7.05. The number of fused-ring (bicyclic) bond motifs is 9. The van der Waals surface area contributed by atoms with Gasteiger partial charge in [-0.2, -0.15) is 0 Å². The lowest BCUT2D eigenvalue weighted by Crippen LogP contribution is -2.00. The number of nitrogens with zero attached hydrogens (tertiary/aromatic N) is 3. The first kappa shape index (κ1) is 27.9. The maximum absolute atomic E-state index is 6.41. The summed E-state index contributed by atoms with van der Waals surface area (Å²) in [5.74, 6) is 1.76. The molecule has 51 heavy (non-hydrogen) atoms. The molecule has 11 rings (SSSR count). The van der Waals surface area contributed by atoms with Gasteiger partial charge >= 0.3 is 0 Å². The van der Waals surface area contributed by atoms with Crippen molar-refractivity contribution in [2.45, 2.75) is 0 Å². The fourth-order valence-corrected chi connectivity index (χ4v) is 7.33. The number of furan rings is 3. The molecule has 0 saturated carbocycles.